The molecule has 2 aliphatic rings. The highest BCUT2D eigenvalue weighted by atomic mass is 16.4. The van der Waals surface area contributed by atoms with Gasteiger partial charge in [-0.1, -0.05) is 217 Å². The summed E-state index contributed by atoms with van der Waals surface area (Å²) in [6.07, 6.45) is 7.15. The van der Waals surface area contributed by atoms with E-state index in [1.807, 2.05) is 77.5 Å². The average Bonchev–Trinajstić information content (AvgIpc) is 1.25. The average molecular weight is 1940 g/mol. The highest BCUT2D eigenvalue weighted by Crippen LogP contribution is 2.46. The van der Waals surface area contributed by atoms with Crippen molar-refractivity contribution in [1.29, 1.82) is 0 Å². The maximum Gasteiger partial charge on any atom is 0.227 e. The van der Waals surface area contributed by atoms with Crippen LogP contribution in [-0.4, -0.2) is 24.9 Å². The monoisotopic (exact) mass is 1940 g/mol. The first-order chi connectivity index (χ1) is 75.7. The lowest BCUT2D eigenvalue weighted by Crippen LogP contribution is -2.31. The second kappa shape index (κ2) is 41.0. The van der Waals surface area contributed by atoms with Crippen LogP contribution in [0.3, 0.4) is 0 Å². The van der Waals surface area contributed by atoms with Crippen LogP contribution in [0.1, 0.15) is 332 Å². The summed E-state index contributed by atoms with van der Waals surface area (Å²) >= 11 is 0. The van der Waals surface area contributed by atoms with E-state index in [2.05, 4.69) is 314 Å². The van der Waals surface area contributed by atoms with E-state index >= 15 is 0 Å². The van der Waals surface area contributed by atoms with E-state index in [1.54, 1.807) is 24.3 Å². The van der Waals surface area contributed by atoms with E-state index in [-0.39, 0.29) is 36.8 Å². The minimum Gasteiger partial charge on any atom is -0.437 e. The number of nitrogens with zero attached hydrogens (tertiary/aromatic N) is 10. The van der Waals surface area contributed by atoms with Crippen LogP contribution in [0.25, 0.3) is 167 Å². The molecule has 2 atom stereocenters. The number of aryl methyl sites for hydroxylation is 10. The van der Waals surface area contributed by atoms with Crippen molar-refractivity contribution in [1.82, 2.24) is 24.9 Å². The van der Waals surface area contributed by atoms with Crippen molar-refractivity contribution >= 4 is 110 Å². The lowest BCUT2D eigenvalue weighted by molar-refractivity contribution is -0.661. The molecule has 0 saturated heterocycles. The molecule has 20 aromatic rings. The molecule has 0 N–H and O–H groups in total. The molecule has 2 aliphatic carbocycles. The van der Waals surface area contributed by atoms with Crippen molar-refractivity contribution in [2.24, 2.45) is 46.5 Å². The van der Waals surface area contributed by atoms with Gasteiger partial charge in [0.2, 0.25) is 57.0 Å². The number of aromatic nitrogens is 10. The van der Waals surface area contributed by atoms with Gasteiger partial charge in [0.1, 0.15) is 35.2 Å². The smallest absolute Gasteiger partial charge is 0.227 e. The Morgan fingerprint density at radius 2 is 0.604 bits per heavy atom. The van der Waals surface area contributed by atoms with Crippen LogP contribution in [0.5, 0.6) is 0 Å². The predicted octanol–water partition coefficient (Wildman–Crippen LogP) is 32.3. The molecule has 144 heavy (non-hydrogen) atoms. The van der Waals surface area contributed by atoms with E-state index in [9.17, 15) is 0 Å². The second-order valence-electron chi connectivity index (χ2n) is 42.5. The van der Waals surface area contributed by atoms with Crippen molar-refractivity contribution in [2.75, 3.05) is 0 Å². The molecule has 2 saturated carbocycles. The van der Waals surface area contributed by atoms with E-state index in [4.69, 9.17) is 51.7 Å². The predicted molar refractivity (Wildman–Crippen MR) is 592 cm³/mol. The third-order valence-electron chi connectivity index (χ3n) is 28.3. The number of rotatable bonds is 15. The number of furan rings is 5. The number of fused-ring (bicyclic) bond motifs is 15. The molecular weight excluding hydrogens is 1770 g/mol. The Bertz CT molecular complexity index is 9140. The lowest BCUT2D eigenvalue weighted by atomic mass is 9.86. The molecule has 0 amide bonds. The Morgan fingerprint density at radius 3 is 0.903 bits per heavy atom. The molecule has 22 rings (SSSR count). The van der Waals surface area contributed by atoms with Gasteiger partial charge in [-0.2, -0.15) is 0 Å². The van der Waals surface area contributed by atoms with Gasteiger partial charge < -0.3 is 22.1 Å². The van der Waals surface area contributed by atoms with E-state index in [0.29, 0.717) is 106 Å². The van der Waals surface area contributed by atoms with Gasteiger partial charge in [0.15, 0.2) is 58.9 Å². The Kier molecular flexibility index (Phi) is 22.8. The Labute approximate surface area is 876 Å². The zero-order valence-corrected chi connectivity index (χ0v) is 88.3. The minimum absolute atomic E-state index is 0.00890. The number of benzene rings is 5. The molecule has 15 heterocycles. The summed E-state index contributed by atoms with van der Waals surface area (Å²) in [5, 5.41) is 9.30. The number of hydrogen-bond acceptors (Lipinski definition) is 10. The molecule has 0 radical (unpaired) electrons. The molecule has 5 aromatic carbocycles. The number of pyridine rings is 10. The first-order valence-electron chi connectivity index (χ1n) is 59.8. The van der Waals surface area contributed by atoms with Crippen LogP contribution in [0.15, 0.2) is 235 Å². The second-order valence-corrected chi connectivity index (χ2v) is 42.5. The number of hydrogen-bond donors (Lipinski definition) is 0. The van der Waals surface area contributed by atoms with Crippen molar-refractivity contribution in [3.63, 3.8) is 0 Å². The van der Waals surface area contributed by atoms with E-state index in [1.165, 1.54) is 47.2 Å². The van der Waals surface area contributed by atoms with Crippen molar-refractivity contribution in [3.05, 3.63) is 297 Å². The molecule has 15 aromatic heterocycles. The molecule has 0 bridgehead atoms. The van der Waals surface area contributed by atoms with Gasteiger partial charge in [0, 0.05) is 182 Å². The summed E-state index contributed by atoms with van der Waals surface area (Å²) < 4.78 is 189. The first-order valence-corrected chi connectivity index (χ1v) is 50.8. The summed E-state index contributed by atoms with van der Waals surface area (Å²) in [6, 6.07) is 60.9. The molecule has 15 nitrogen and oxygen atoms in total. The van der Waals surface area contributed by atoms with Gasteiger partial charge >= 0.3 is 0 Å². The fourth-order valence-electron chi connectivity index (χ4n) is 20.0. The topological polar surface area (TPSA) is 150 Å². The third-order valence-corrected chi connectivity index (χ3v) is 28.3. The van der Waals surface area contributed by atoms with Gasteiger partial charge in [-0.05, 0) is 233 Å². The Balaban J connectivity index is 0.000000130. The summed E-state index contributed by atoms with van der Waals surface area (Å²) in [4.78, 5) is 23.3. The van der Waals surface area contributed by atoms with E-state index in [0.717, 1.165) is 161 Å². The van der Waals surface area contributed by atoms with E-state index < -0.39 is 62.8 Å². The summed E-state index contributed by atoms with van der Waals surface area (Å²) in [6.45, 7) is 33.7. The Hall–Kier alpha value is -13.4. The van der Waals surface area contributed by atoms with Crippen LogP contribution in [0.2, 0.25) is 0 Å². The first kappa shape index (κ1) is 80.0. The van der Waals surface area contributed by atoms with Crippen LogP contribution in [0, 0.1) is 45.9 Å². The standard InChI is InChI=1S/C27H31N2O.C26H29N2O.C26H31N2O.2C25H29N2O/c1-17(2)20-11-15-24(29(4)16-20)25-18(3)10-12-21-22-13-14-23(19-8-6-5-7-9-19)28-27(22)30-26(21)25;1-16(2)19-10-14-23(28(4)15-19)24-17(3)9-11-20-21-12-13-22(18-7-5-6-8-18)27-26(21)29-25(20)24;1-16(2)18-9-13-22(28(7)15-18)23-17(3)8-11-20-21-12-10-19(14-26(4,5)6)27-25(21)29-24(20)23;1-15(2)17-9-12-20(27(7)14-17)22-16(3)8-10-18-19-11-13-21(25(4,5)6)26-24(19)28-23(18)22;1-15(2)13-19-9-11-21-20-10-7-17(5)23(24(20)28-25(21)26-19)22-12-8-18(16(3)4)14-27(22)6/h10-17,19H,5-9H2,1-4H3;9-16,18H,5-8H2,1-4H3;8-13,15-16H,14H2,1-7H3;8-15H,1-7H3;7-12,14-16H,13H2,1-6H3/q5*+1/i8D2,9D2,19D;7D2,18D;4D3,5D3;;1D3,15D. The lowest BCUT2D eigenvalue weighted by Gasteiger charge is -2.20. The van der Waals surface area contributed by atoms with Crippen LogP contribution >= 0.6 is 0 Å². The largest absolute Gasteiger partial charge is 0.437 e. The van der Waals surface area contributed by atoms with Gasteiger partial charge in [0.05, 0.1) is 27.8 Å². The van der Waals surface area contributed by atoms with Gasteiger partial charge in [-0.25, -0.2) is 47.8 Å². The molecule has 0 aliphatic heterocycles. The molecule has 15 heteroatoms. The maximum atomic E-state index is 9.01. The quantitative estimate of drug-likeness (QED) is 0.0908. The minimum atomic E-state index is -2.68. The zero-order chi connectivity index (χ0) is 118. The zero-order valence-electron chi connectivity index (χ0n) is 106. The van der Waals surface area contributed by atoms with Crippen LogP contribution in [-0.2, 0) is 53.5 Å². The van der Waals surface area contributed by atoms with Gasteiger partial charge in [0.25, 0.3) is 0 Å². The van der Waals surface area contributed by atoms with Crippen molar-refractivity contribution in [3.8, 4) is 56.3 Å². The summed E-state index contributed by atoms with van der Waals surface area (Å²) in [5.74, 6) is -2.84. The molecule has 2 fully saturated rings. The van der Waals surface area contributed by atoms with Crippen molar-refractivity contribution < 1.29 is 69.6 Å². The summed E-state index contributed by atoms with van der Waals surface area (Å²) in [5.41, 5.74) is 29.1. The molecular formula is C129H149N10O5+5. The molecule has 740 valence electrons. The SMILES string of the molecule is Cc1ccc2c(oc3nc(C(C)(C)C)ccc32)c1-c1ccc(C(C)C)c[n+]1C.[2H]C([2H])([2H])C(C)(Cc1ccc2c(n1)oc1c(-c3ccc(C(C)C)c[n+]3C)c(C)ccc12)C([2H])([2H])[2H].[2H]C([2H])([2H])C([2H])(C)Cc1ccc2c(n1)oc1c(-c3ccc(C(C)C)c[n+]3C)c(C)ccc12.[2H]C1([2H])CCCC([2H])([2H])C1([2H])c1ccc2c(n1)oc1c(-c3ccc(C(C)C)c[n+]3C)c(C)ccc12.[2H]C1([2H])CCCC1([2H])c1ccc2c(n1)oc1c(-c3ccc(C(C)C)c[n+]3C)c(C)ccc12. The fourth-order valence-corrected chi connectivity index (χ4v) is 20.0. The van der Waals surface area contributed by atoms with Crippen molar-refractivity contribution in [2.45, 2.75) is 276 Å². The van der Waals surface area contributed by atoms with Crippen LogP contribution < -0.4 is 22.8 Å². The molecule has 2 unspecified atom stereocenters. The normalized spacial score (nSPS) is 18.2. The van der Waals surface area contributed by atoms with Gasteiger partial charge in [-0.15, -0.1) is 0 Å². The third kappa shape index (κ3) is 20.5. The fraction of sp³-hybridized carbons (Fsp3) is 0.380. The highest BCUT2D eigenvalue weighted by molar-refractivity contribution is 6.13. The van der Waals surface area contributed by atoms with Crippen LogP contribution in [0.4, 0.5) is 0 Å². The van der Waals surface area contributed by atoms with Gasteiger partial charge in [-0.3, -0.25) is 0 Å². The maximum absolute atomic E-state index is 9.01. The highest BCUT2D eigenvalue weighted by Gasteiger charge is 2.32. The molecule has 0 spiro atoms. The Morgan fingerprint density at radius 1 is 0.326 bits per heavy atom. The summed E-state index contributed by atoms with van der Waals surface area (Å²) in [7, 11) is 10.3.